The maximum Gasteiger partial charge on any atom is 0.0299 e. The van der Waals surface area contributed by atoms with Crippen LogP contribution in [-0.4, -0.2) is 5.71 Å². The van der Waals surface area contributed by atoms with Gasteiger partial charge in [-0.1, -0.05) is 0 Å². The molecule has 0 heterocycles. The average molecular weight is 98.1 g/mol. The summed E-state index contributed by atoms with van der Waals surface area (Å²) in [5.74, 6) is 0. The molecular formula is C5H10N2. The number of hydrogen-bond donors (Lipinski definition) is 2. The van der Waals surface area contributed by atoms with Crippen LogP contribution in [0.4, 0.5) is 0 Å². The predicted octanol–water partition coefficient (Wildman–Crippen LogP) is 0.889. The molecule has 0 aliphatic rings. The van der Waals surface area contributed by atoms with E-state index in [1.165, 1.54) is 0 Å². The molecule has 0 rings (SSSR count). The second-order valence-corrected chi connectivity index (χ2v) is 1.57. The molecule has 7 heavy (non-hydrogen) atoms. The summed E-state index contributed by atoms with van der Waals surface area (Å²) in [5, 5.41) is 6.87. The van der Waals surface area contributed by atoms with Crippen LogP contribution in [0.1, 0.15) is 13.8 Å². The van der Waals surface area contributed by atoms with Crippen LogP contribution in [0.15, 0.2) is 11.8 Å². The van der Waals surface area contributed by atoms with Crippen molar-refractivity contribution in [3.63, 3.8) is 0 Å². The molecule has 2 heteroatoms. The van der Waals surface area contributed by atoms with E-state index in [-0.39, 0.29) is 0 Å². The van der Waals surface area contributed by atoms with Crippen molar-refractivity contribution in [3.05, 3.63) is 11.8 Å². The third-order valence-electron chi connectivity index (χ3n) is 0.444. The molecule has 0 aromatic heterocycles. The highest BCUT2D eigenvalue weighted by Crippen LogP contribution is 1.78. The highest BCUT2D eigenvalue weighted by atomic mass is 14.5. The van der Waals surface area contributed by atoms with Crippen molar-refractivity contribution in [3.8, 4) is 0 Å². The van der Waals surface area contributed by atoms with Gasteiger partial charge in [0.2, 0.25) is 0 Å². The average Bonchev–Trinajstić information content (AvgIpc) is 1.27. The second-order valence-electron chi connectivity index (χ2n) is 1.57. The zero-order valence-corrected chi connectivity index (χ0v) is 4.65. The lowest BCUT2D eigenvalue weighted by atomic mass is 10.3. The molecule has 0 aromatic rings. The summed E-state index contributed by atoms with van der Waals surface area (Å²) in [5.41, 5.74) is 6.40. The molecule has 0 saturated carbocycles. The van der Waals surface area contributed by atoms with Gasteiger partial charge >= 0.3 is 0 Å². The third-order valence-corrected chi connectivity index (χ3v) is 0.444. The summed E-state index contributed by atoms with van der Waals surface area (Å²) in [4.78, 5) is 0. The number of allylic oxidation sites excluding steroid dienone is 2. The fourth-order valence-electron chi connectivity index (χ4n) is 0.342. The summed E-state index contributed by atoms with van der Waals surface area (Å²) in [7, 11) is 0. The minimum absolute atomic E-state index is 0.500. The normalized spacial score (nSPS) is 11.4. The Morgan fingerprint density at radius 1 is 1.57 bits per heavy atom. The number of hydrogen-bond acceptors (Lipinski definition) is 2. The summed E-state index contributed by atoms with van der Waals surface area (Å²) in [6.45, 7) is 3.45. The topological polar surface area (TPSA) is 49.9 Å². The van der Waals surface area contributed by atoms with Crippen molar-refractivity contribution < 1.29 is 0 Å². The van der Waals surface area contributed by atoms with Gasteiger partial charge in [-0.05, 0) is 19.9 Å². The Balaban J connectivity index is 3.68. The summed E-state index contributed by atoms with van der Waals surface area (Å²) < 4.78 is 0. The minimum Gasteiger partial charge on any atom is -0.402 e. The van der Waals surface area contributed by atoms with Crippen LogP contribution in [0.2, 0.25) is 0 Å². The van der Waals surface area contributed by atoms with E-state index in [0.29, 0.717) is 11.4 Å². The first-order valence-corrected chi connectivity index (χ1v) is 2.12. The van der Waals surface area contributed by atoms with Crippen LogP contribution in [0.25, 0.3) is 0 Å². The van der Waals surface area contributed by atoms with Crippen molar-refractivity contribution in [2.75, 3.05) is 0 Å². The Labute approximate surface area is 43.5 Å². The van der Waals surface area contributed by atoms with Crippen LogP contribution in [0, 0.1) is 5.41 Å². The van der Waals surface area contributed by atoms with Crippen LogP contribution in [-0.2, 0) is 0 Å². The van der Waals surface area contributed by atoms with Crippen molar-refractivity contribution in [1.29, 1.82) is 5.41 Å². The van der Waals surface area contributed by atoms with E-state index in [9.17, 15) is 0 Å². The molecule has 0 amide bonds. The molecule has 0 atom stereocenters. The van der Waals surface area contributed by atoms with Gasteiger partial charge < -0.3 is 11.1 Å². The largest absolute Gasteiger partial charge is 0.402 e. The molecule has 0 aromatic carbocycles. The Morgan fingerprint density at radius 3 is 2.00 bits per heavy atom. The van der Waals surface area contributed by atoms with Crippen LogP contribution >= 0.6 is 0 Å². The highest BCUT2D eigenvalue weighted by Gasteiger charge is 1.76. The molecule has 0 radical (unpaired) electrons. The molecule has 40 valence electrons. The van der Waals surface area contributed by atoms with Gasteiger partial charge in [0, 0.05) is 11.4 Å². The lowest BCUT2D eigenvalue weighted by Crippen LogP contribution is -1.93. The quantitative estimate of drug-likeness (QED) is 0.470. The van der Waals surface area contributed by atoms with Gasteiger partial charge in [-0.15, -0.1) is 0 Å². The van der Waals surface area contributed by atoms with Crippen molar-refractivity contribution in [2.45, 2.75) is 13.8 Å². The van der Waals surface area contributed by atoms with E-state index in [1.807, 2.05) is 0 Å². The minimum atomic E-state index is 0.500. The van der Waals surface area contributed by atoms with E-state index >= 15 is 0 Å². The van der Waals surface area contributed by atoms with Gasteiger partial charge in [-0.25, -0.2) is 0 Å². The van der Waals surface area contributed by atoms with Gasteiger partial charge in [0.25, 0.3) is 0 Å². The van der Waals surface area contributed by atoms with E-state index < -0.39 is 0 Å². The van der Waals surface area contributed by atoms with Crippen molar-refractivity contribution in [1.82, 2.24) is 0 Å². The third kappa shape index (κ3) is 5.21. The van der Waals surface area contributed by atoms with Gasteiger partial charge in [-0.2, -0.15) is 0 Å². The van der Waals surface area contributed by atoms with E-state index in [4.69, 9.17) is 11.1 Å². The molecule has 2 nitrogen and oxygen atoms in total. The zero-order chi connectivity index (χ0) is 5.86. The Kier molecular flexibility index (Phi) is 2.12. The van der Waals surface area contributed by atoms with Crippen molar-refractivity contribution in [2.24, 2.45) is 5.73 Å². The van der Waals surface area contributed by atoms with Gasteiger partial charge in [-0.3, -0.25) is 0 Å². The van der Waals surface area contributed by atoms with Crippen molar-refractivity contribution >= 4 is 5.71 Å². The second kappa shape index (κ2) is 2.39. The van der Waals surface area contributed by atoms with Crippen LogP contribution in [0.5, 0.6) is 0 Å². The molecule has 0 aliphatic carbocycles. The molecular weight excluding hydrogens is 88.1 g/mol. The first kappa shape index (κ1) is 6.21. The molecule has 0 bridgehead atoms. The molecule has 0 saturated heterocycles. The Bertz CT molecular complexity index is 98.6. The maximum atomic E-state index is 6.87. The van der Waals surface area contributed by atoms with E-state index in [2.05, 4.69) is 0 Å². The maximum absolute atomic E-state index is 6.87. The van der Waals surface area contributed by atoms with E-state index in [0.717, 1.165) is 0 Å². The zero-order valence-electron chi connectivity index (χ0n) is 4.65. The summed E-state index contributed by atoms with van der Waals surface area (Å²) in [6.07, 6.45) is 1.61. The molecule has 0 spiro atoms. The molecule has 0 fully saturated rings. The first-order valence-electron chi connectivity index (χ1n) is 2.12. The Morgan fingerprint density at radius 2 is 2.00 bits per heavy atom. The number of nitrogens with one attached hydrogen (secondary N) is 1. The highest BCUT2D eigenvalue weighted by molar-refractivity contribution is 5.90. The monoisotopic (exact) mass is 98.1 g/mol. The molecule has 0 unspecified atom stereocenters. The first-order chi connectivity index (χ1) is 3.13. The summed E-state index contributed by atoms with van der Waals surface area (Å²) >= 11 is 0. The standard InChI is InChI=1S/C5H10N2/c1-4(6)3-5(2)7/h3,6H,7H2,1-2H3/b5-3-,6-4?. The number of rotatable bonds is 1. The molecule has 0 aliphatic heterocycles. The SMILES string of the molecule is CC(=N)/C=C(/C)N. The Hall–Kier alpha value is -0.790. The fourth-order valence-corrected chi connectivity index (χ4v) is 0.342. The lowest BCUT2D eigenvalue weighted by Gasteiger charge is -1.84. The van der Waals surface area contributed by atoms with Gasteiger partial charge in [0.15, 0.2) is 0 Å². The van der Waals surface area contributed by atoms with Crippen LogP contribution < -0.4 is 5.73 Å². The smallest absolute Gasteiger partial charge is 0.0299 e. The van der Waals surface area contributed by atoms with Gasteiger partial charge in [0.1, 0.15) is 0 Å². The fraction of sp³-hybridized carbons (Fsp3) is 0.400. The van der Waals surface area contributed by atoms with Gasteiger partial charge in [0.05, 0.1) is 0 Å². The predicted molar refractivity (Wildman–Crippen MR) is 31.3 cm³/mol. The van der Waals surface area contributed by atoms with E-state index in [1.54, 1.807) is 19.9 Å². The summed E-state index contributed by atoms with van der Waals surface area (Å²) in [6, 6.07) is 0. The number of nitrogens with two attached hydrogens (primary N) is 1. The van der Waals surface area contributed by atoms with Crippen LogP contribution in [0.3, 0.4) is 0 Å². The molecule has 3 N–H and O–H groups in total. The lowest BCUT2D eigenvalue weighted by molar-refractivity contribution is 1.31.